The van der Waals surface area contributed by atoms with Crippen LogP contribution in [0.2, 0.25) is 0 Å². The number of carbonyl (C=O) groups excluding carboxylic acids is 2. The van der Waals surface area contributed by atoms with Gasteiger partial charge in [-0.25, -0.2) is 0 Å². The van der Waals surface area contributed by atoms with Crippen molar-refractivity contribution in [2.24, 2.45) is 4.99 Å². The summed E-state index contributed by atoms with van der Waals surface area (Å²) in [5.41, 5.74) is 2.04. The van der Waals surface area contributed by atoms with Crippen LogP contribution in [0.1, 0.15) is 50.5 Å². The molecule has 4 rings (SSSR count). The molecule has 0 unspecified atom stereocenters. The zero-order valence-corrected chi connectivity index (χ0v) is 19.9. The van der Waals surface area contributed by atoms with Gasteiger partial charge in [-0.05, 0) is 43.0 Å². The number of carbonyl (C=O) groups is 2. The van der Waals surface area contributed by atoms with Crippen molar-refractivity contribution in [2.45, 2.75) is 57.5 Å². The summed E-state index contributed by atoms with van der Waals surface area (Å²) in [4.78, 5) is 31.7. The quantitative estimate of drug-likeness (QED) is 0.383. The lowest BCUT2D eigenvalue weighted by atomic mass is 9.94. The minimum Gasteiger partial charge on any atom is -0.494 e. The summed E-state index contributed by atoms with van der Waals surface area (Å²) in [6, 6.07) is 6.28. The normalized spacial score (nSPS) is 17.2. The van der Waals surface area contributed by atoms with E-state index in [2.05, 4.69) is 10.3 Å². The number of rotatable bonds is 6. The molecule has 1 aromatic carbocycles. The largest absolute Gasteiger partial charge is 0.494 e. The predicted molar refractivity (Wildman–Crippen MR) is 125 cm³/mol. The van der Waals surface area contributed by atoms with Gasteiger partial charge < -0.3 is 25.3 Å². The van der Waals surface area contributed by atoms with Crippen molar-refractivity contribution >= 4 is 33.9 Å². The molecule has 1 aliphatic carbocycles. The third kappa shape index (κ3) is 8.24. The van der Waals surface area contributed by atoms with E-state index in [9.17, 15) is 9.59 Å². The van der Waals surface area contributed by atoms with E-state index in [4.69, 9.17) is 22.3 Å². The summed E-state index contributed by atoms with van der Waals surface area (Å²) in [5.74, 6) is 1.52. The van der Waals surface area contributed by atoms with Gasteiger partial charge in [-0.3, -0.25) is 18.7 Å². The number of guanidine groups is 1. The topological polar surface area (TPSA) is 180 Å². The molecular formula is C21H32N4O8S. The predicted octanol–water partition coefficient (Wildman–Crippen LogP) is 1.28. The van der Waals surface area contributed by atoms with Crippen molar-refractivity contribution < 1.29 is 37.3 Å². The van der Waals surface area contributed by atoms with Gasteiger partial charge in [-0.1, -0.05) is 19.3 Å². The van der Waals surface area contributed by atoms with Gasteiger partial charge in [0.05, 0.1) is 6.61 Å². The Hall–Kier alpha value is -2.74. The van der Waals surface area contributed by atoms with E-state index in [0.717, 1.165) is 29.8 Å². The van der Waals surface area contributed by atoms with Crippen LogP contribution >= 0.6 is 0 Å². The number of benzene rings is 1. The van der Waals surface area contributed by atoms with Crippen molar-refractivity contribution in [3.63, 3.8) is 0 Å². The maximum atomic E-state index is 12.4. The highest BCUT2D eigenvalue weighted by Gasteiger charge is 2.28. The Morgan fingerprint density at radius 2 is 1.91 bits per heavy atom. The summed E-state index contributed by atoms with van der Waals surface area (Å²) in [5, 5.41) is 3.19. The first-order valence-electron chi connectivity index (χ1n) is 10.9. The Bertz CT molecular complexity index is 1000. The van der Waals surface area contributed by atoms with Gasteiger partial charge in [-0.15, -0.1) is 0 Å². The van der Waals surface area contributed by atoms with Crippen molar-refractivity contribution in [1.82, 2.24) is 9.80 Å². The fourth-order valence-corrected chi connectivity index (χ4v) is 4.20. The molecule has 2 amide bonds. The molecule has 34 heavy (non-hydrogen) atoms. The van der Waals surface area contributed by atoms with Crippen molar-refractivity contribution in [1.29, 1.82) is 0 Å². The molecule has 1 fully saturated rings. The molecule has 5 N–H and O–H groups in total. The molecule has 1 saturated carbocycles. The molecule has 2 aliphatic heterocycles. The third-order valence-corrected chi connectivity index (χ3v) is 5.86. The number of anilines is 1. The van der Waals surface area contributed by atoms with E-state index in [1.165, 1.54) is 19.3 Å². The second-order valence-electron chi connectivity index (χ2n) is 8.33. The highest BCUT2D eigenvalue weighted by Crippen LogP contribution is 2.29. The summed E-state index contributed by atoms with van der Waals surface area (Å²) in [6.07, 6.45) is 7.27. The van der Waals surface area contributed by atoms with E-state index in [0.29, 0.717) is 44.5 Å². The Labute approximate surface area is 198 Å². The fourth-order valence-electron chi connectivity index (χ4n) is 4.20. The molecule has 0 radical (unpaired) electrons. The summed E-state index contributed by atoms with van der Waals surface area (Å²) in [7, 11) is -2.73. The summed E-state index contributed by atoms with van der Waals surface area (Å²) in [6.45, 7) is 1.49. The van der Waals surface area contributed by atoms with E-state index in [-0.39, 0.29) is 17.3 Å². The molecule has 3 aliphatic rings. The highest BCUT2D eigenvalue weighted by molar-refractivity contribution is 7.79. The van der Waals surface area contributed by atoms with Crippen LogP contribution < -0.4 is 10.1 Å². The number of aliphatic imine (C=N–C) groups is 1. The summed E-state index contributed by atoms with van der Waals surface area (Å²) >= 11 is 0. The van der Waals surface area contributed by atoms with Crippen LogP contribution in [0.4, 0.5) is 5.69 Å². The average molecular weight is 501 g/mol. The van der Waals surface area contributed by atoms with E-state index in [1.807, 2.05) is 35.0 Å². The molecule has 13 heteroatoms. The lowest BCUT2D eigenvalue weighted by Gasteiger charge is -2.31. The number of nitrogens with zero attached hydrogens (tertiary/aromatic N) is 3. The minimum absolute atomic E-state index is 0. The lowest BCUT2D eigenvalue weighted by molar-refractivity contribution is -0.132. The number of hydrogen-bond acceptors (Lipinski definition) is 7. The lowest BCUT2D eigenvalue weighted by Crippen LogP contribution is -2.38. The van der Waals surface area contributed by atoms with Gasteiger partial charge in [-0.2, -0.15) is 13.4 Å². The number of hydrogen-bond donors (Lipinski definition) is 3. The first-order chi connectivity index (χ1) is 15.6. The number of amides is 2. The monoisotopic (exact) mass is 500 g/mol. The molecule has 0 saturated heterocycles. The van der Waals surface area contributed by atoms with Crippen LogP contribution in [0.5, 0.6) is 5.75 Å². The first-order valence-corrected chi connectivity index (χ1v) is 12.3. The number of nitrogens with one attached hydrogen (secondary N) is 1. The first kappa shape index (κ1) is 27.5. The Balaban J connectivity index is 0.000000619. The van der Waals surface area contributed by atoms with Gasteiger partial charge in [0.25, 0.3) is 5.91 Å². The van der Waals surface area contributed by atoms with E-state index < -0.39 is 10.4 Å². The number of fused-ring (bicyclic) bond motifs is 2. The van der Waals surface area contributed by atoms with Crippen LogP contribution in [0.15, 0.2) is 23.2 Å². The molecule has 0 aromatic heterocycles. The summed E-state index contributed by atoms with van der Waals surface area (Å²) < 4.78 is 37.4. The van der Waals surface area contributed by atoms with Crippen LogP contribution in [0.25, 0.3) is 0 Å². The molecule has 1 aromatic rings. The standard InChI is InChI=1S/C21H28N4O3.H2O4S.H2O/c1-24(16-6-3-2-4-7-16)20(27)8-5-11-28-17-9-10-18-15(12-17)13-25-14-19(26)23-21(25)22-18;1-5(2,3)4;/h9-10,12,16H,2-8,11,13-14H2,1H3,(H,22,23,26);(H2,1,2,3,4);1H2. The van der Waals surface area contributed by atoms with Crippen molar-refractivity contribution in [2.75, 3.05) is 25.5 Å². The minimum atomic E-state index is -4.67. The SMILES string of the molecule is CN(C(=O)CCCOc1ccc2c(c1)CN1CC(=O)N=C1N2)C1CCCCC1.O.O=S(=O)(O)O. The highest BCUT2D eigenvalue weighted by atomic mass is 32.3. The van der Waals surface area contributed by atoms with Gasteiger partial charge >= 0.3 is 10.4 Å². The van der Waals surface area contributed by atoms with Gasteiger partial charge in [0.1, 0.15) is 12.3 Å². The molecule has 190 valence electrons. The molecule has 0 bridgehead atoms. The molecule has 2 heterocycles. The maximum absolute atomic E-state index is 12.4. The Morgan fingerprint density at radius 3 is 2.59 bits per heavy atom. The molecule has 0 spiro atoms. The maximum Gasteiger partial charge on any atom is 0.394 e. The second-order valence-corrected chi connectivity index (χ2v) is 9.22. The zero-order valence-electron chi connectivity index (χ0n) is 19.1. The van der Waals surface area contributed by atoms with Crippen LogP contribution in [-0.4, -0.2) is 76.8 Å². The van der Waals surface area contributed by atoms with Crippen LogP contribution in [0, 0.1) is 0 Å². The zero-order chi connectivity index (χ0) is 24.0. The molecule has 0 atom stereocenters. The average Bonchev–Trinajstić information content (AvgIpc) is 3.12. The second kappa shape index (κ2) is 12.1. The fraction of sp³-hybridized carbons (Fsp3) is 0.571. The Morgan fingerprint density at radius 1 is 1.24 bits per heavy atom. The van der Waals surface area contributed by atoms with E-state index >= 15 is 0 Å². The van der Waals surface area contributed by atoms with E-state index in [1.54, 1.807) is 0 Å². The molecule has 12 nitrogen and oxygen atoms in total. The van der Waals surface area contributed by atoms with Crippen LogP contribution in [-0.2, 0) is 26.5 Å². The third-order valence-electron chi connectivity index (χ3n) is 5.86. The van der Waals surface area contributed by atoms with Gasteiger partial charge in [0.2, 0.25) is 11.9 Å². The van der Waals surface area contributed by atoms with Gasteiger partial charge in [0.15, 0.2) is 0 Å². The smallest absolute Gasteiger partial charge is 0.394 e. The van der Waals surface area contributed by atoms with Crippen molar-refractivity contribution in [3.8, 4) is 5.75 Å². The number of ether oxygens (including phenoxy) is 1. The van der Waals surface area contributed by atoms with Gasteiger partial charge in [0, 0.05) is 31.7 Å². The van der Waals surface area contributed by atoms with Crippen LogP contribution in [0.3, 0.4) is 0 Å². The Kier molecular flexibility index (Phi) is 9.79. The molecular weight excluding hydrogens is 468 g/mol. The van der Waals surface area contributed by atoms with Crippen molar-refractivity contribution in [3.05, 3.63) is 23.8 Å².